The molecule has 0 bridgehead atoms. The lowest BCUT2D eigenvalue weighted by Gasteiger charge is -2.31. The van der Waals surface area contributed by atoms with Crippen molar-refractivity contribution >= 4 is 22.8 Å². The highest BCUT2D eigenvalue weighted by atomic mass is 19.1. The normalized spacial score (nSPS) is 21.9. The fourth-order valence-corrected chi connectivity index (χ4v) is 6.14. The molecule has 1 aromatic carbocycles. The first-order chi connectivity index (χ1) is 17.2. The van der Waals surface area contributed by atoms with Gasteiger partial charge >= 0.3 is 5.97 Å². The first-order valence-electron chi connectivity index (χ1n) is 12.2. The van der Waals surface area contributed by atoms with Crippen molar-refractivity contribution in [1.82, 2.24) is 14.9 Å². The van der Waals surface area contributed by atoms with Crippen LogP contribution < -0.4 is 10.9 Å². The van der Waals surface area contributed by atoms with Crippen molar-refractivity contribution in [2.45, 2.75) is 71.2 Å². The molecule has 4 heterocycles. The Labute approximate surface area is 206 Å². The van der Waals surface area contributed by atoms with Crippen LogP contribution in [0.2, 0.25) is 0 Å². The van der Waals surface area contributed by atoms with Gasteiger partial charge in [-0.05, 0) is 55.4 Å². The number of esters is 1. The second-order valence-electron chi connectivity index (χ2n) is 9.96. The van der Waals surface area contributed by atoms with E-state index in [1.54, 1.807) is 24.5 Å². The maximum atomic E-state index is 15.0. The van der Waals surface area contributed by atoms with Gasteiger partial charge in [0.1, 0.15) is 12.4 Å². The Hall–Kier alpha value is -3.59. The average Bonchev–Trinajstić information content (AvgIpc) is 3.09. The van der Waals surface area contributed by atoms with Crippen LogP contribution in [0.25, 0.3) is 22.3 Å². The topological polar surface area (TPSA) is 111 Å². The number of aliphatic hydroxyl groups is 1. The van der Waals surface area contributed by atoms with Crippen LogP contribution in [0, 0.1) is 12.7 Å². The lowest BCUT2D eigenvalue weighted by molar-refractivity contribution is -0.172. The third kappa shape index (κ3) is 2.95. The minimum Gasteiger partial charge on any atom is -0.458 e. The molecule has 0 radical (unpaired) electrons. The summed E-state index contributed by atoms with van der Waals surface area (Å²) in [5.74, 6) is -1.31. The number of cyclic esters (lactones) is 1. The smallest absolute Gasteiger partial charge is 0.343 e. The molecule has 0 saturated heterocycles. The molecule has 2 aliphatic heterocycles. The van der Waals surface area contributed by atoms with E-state index in [0.717, 1.165) is 28.5 Å². The molecule has 186 valence electrons. The number of benzene rings is 1. The van der Waals surface area contributed by atoms with Crippen LogP contribution in [0.3, 0.4) is 0 Å². The molecule has 6 rings (SSSR count). The van der Waals surface area contributed by atoms with E-state index < -0.39 is 11.6 Å². The van der Waals surface area contributed by atoms with Gasteiger partial charge in [-0.1, -0.05) is 6.92 Å². The molecule has 2 aromatic heterocycles. The summed E-state index contributed by atoms with van der Waals surface area (Å²) in [5, 5.41) is 15.0. The summed E-state index contributed by atoms with van der Waals surface area (Å²) >= 11 is 0. The van der Waals surface area contributed by atoms with E-state index in [2.05, 4.69) is 5.32 Å². The molecular weight excluding hydrogens is 465 g/mol. The van der Waals surface area contributed by atoms with E-state index in [4.69, 9.17) is 9.72 Å². The molecule has 0 fully saturated rings. The zero-order valence-electron chi connectivity index (χ0n) is 20.3. The lowest BCUT2D eigenvalue weighted by atomic mass is 9.86. The van der Waals surface area contributed by atoms with Crippen molar-refractivity contribution < 1.29 is 23.8 Å². The molecule has 36 heavy (non-hydrogen) atoms. The second-order valence-corrected chi connectivity index (χ2v) is 9.96. The third-order valence-corrected chi connectivity index (χ3v) is 7.99. The number of fused-ring (bicyclic) bond motifs is 5. The van der Waals surface area contributed by atoms with Crippen LogP contribution in [0.5, 0.6) is 0 Å². The van der Waals surface area contributed by atoms with Gasteiger partial charge in [0, 0.05) is 29.5 Å². The summed E-state index contributed by atoms with van der Waals surface area (Å²) in [7, 11) is 0. The summed E-state index contributed by atoms with van der Waals surface area (Å²) in [6.07, 6.45) is 2.13. The molecule has 9 heteroatoms. The van der Waals surface area contributed by atoms with Gasteiger partial charge < -0.3 is 19.7 Å². The quantitative estimate of drug-likeness (QED) is 0.417. The Kier molecular flexibility index (Phi) is 4.89. The number of nitrogens with zero attached hydrogens (tertiary/aromatic N) is 2. The number of rotatable bonds is 2. The van der Waals surface area contributed by atoms with Crippen LogP contribution in [0.4, 0.5) is 4.39 Å². The lowest BCUT2D eigenvalue weighted by Crippen LogP contribution is -2.44. The number of carbonyl (C=O) groups is 2. The van der Waals surface area contributed by atoms with Crippen LogP contribution in [0.1, 0.15) is 72.5 Å². The molecule has 0 saturated carbocycles. The van der Waals surface area contributed by atoms with Crippen LogP contribution in [-0.2, 0) is 39.5 Å². The third-order valence-electron chi connectivity index (χ3n) is 7.99. The first-order valence-corrected chi connectivity index (χ1v) is 12.2. The molecule has 2 atom stereocenters. The van der Waals surface area contributed by atoms with E-state index in [0.29, 0.717) is 35.3 Å². The van der Waals surface area contributed by atoms with Crippen LogP contribution in [-0.4, -0.2) is 26.5 Å². The van der Waals surface area contributed by atoms with Crippen molar-refractivity contribution in [3.8, 4) is 11.4 Å². The molecule has 1 aliphatic carbocycles. The number of hydrogen-bond donors (Lipinski definition) is 2. The highest BCUT2D eigenvalue weighted by Crippen LogP contribution is 2.45. The van der Waals surface area contributed by atoms with Gasteiger partial charge in [0.25, 0.3) is 5.56 Å². The number of hydrogen-bond acceptors (Lipinski definition) is 6. The van der Waals surface area contributed by atoms with E-state index in [9.17, 15) is 23.9 Å². The van der Waals surface area contributed by atoms with Crippen molar-refractivity contribution in [2.75, 3.05) is 0 Å². The number of halogens is 1. The molecule has 0 unspecified atom stereocenters. The van der Waals surface area contributed by atoms with Crippen molar-refractivity contribution in [1.29, 1.82) is 0 Å². The monoisotopic (exact) mass is 491 g/mol. The SMILES string of the molecule is CC[C@@]1(O)C(=O)OCc2c1cc1n(c2=O)Cc2c-1nc1cc(F)c(C)c3c1c2[C@@H](NC(C)=O)CCC3. The predicted octanol–water partition coefficient (Wildman–Crippen LogP) is 3.04. The Morgan fingerprint density at radius 2 is 2.08 bits per heavy atom. The van der Waals surface area contributed by atoms with E-state index in [1.807, 2.05) is 0 Å². The number of nitrogens with one attached hydrogen (secondary N) is 1. The Morgan fingerprint density at radius 1 is 1.31 bits per heavy atom. The molecular formula is C27H26FN3O5. The van der Waals surface area contributed by atoms with Gasteiger partial charge in [0.05, 0.1) is 35.1 Å². The number of ether oxygens (including phenoxy) is 1. The minimum atomic E-state index is -1.93. The Bertz CT molecular complexity index is 1580. The molecule has 1 amide bonds. The zero-order valence-corrected chi connectivity index (χ0v) is 20.3. The summed E-state index contributed by atoms with van der Waals surface area (Å²) in [4.78, 5) is 43.0. The van der Waals surface area contributed by atoms with Gasteiger partial charge in [-0.25, -0.2) is 14.2 Å². The van der Waals surface area contributed by atoms with Crippen LogP contribution >= 0.6 is 0 Å². The summed E-state index contributed by atoms with van der Waals surface area (Å²) < 4.78 is 21.7. The average molecular weight is 492 g/mol. The maximum Gasteiger partial charge on any atom is 0.343 e. The Morgan fingerprint density at radius 3 is 2.81 bits per heavy atom. The second kappa shape index (κ2) is 7.70. The molecule has 3 aromatic rings. The summed E-state index contributed by atoms with van der Waals surface area (Å²) in [5.41, 5.74) is 2.71. The zero-order chi connectivity index (χ0) is 25.5. The fraction of sp³-hybridized carbons (Fsp3) is 0.407. The van der Waals surface area contributed by atoms with E-state index >= 15 is 0 Å². The van der Waals surface area contributed by atoms with Crippen LogP contribution in [0.15, 0.2) is 16.9 Å². The predicted molar refractivity (Wildman–Crippen MR) is 129 cm³/mol. The number of pyridine rings is 2. The molecule has 8 nitrogen and oxygen atoms in total. The van der Waals surface area contributed by atoms with E-state index in [-0.39, 0.29) is 54.0 Å². The fourth-order valence-electron chi connectivity index (χ4n) is 6.14. The van der Waals surface area contributed by atoms with Gasteiger partial charge in [0.15, 0.2) is 5.60 Å². The number of amides is 1. The molecule has 2 N–H and O–H groups in total. The Balaban J connectivity index is 1.69. The standard InChI is InChI=1S/C27H26FN3O5/c1-4-27(35)17-8-21-24-15(10-31(21)25(33)16(17)11-36-26(27)34)23-19(29-13(3)32)7-5-6-14-12(2)18(28)9-20(30-24)22(14)23/h8-9,19,35H,4-7,10-11H2,1-3H3,(H,29,32)/t19-,27-/m0/s1. The number of aryl methyl sites for hydroxylation is 1. The number of aromatic nitrogens is 2. The van der Waals surface area contributed by atoms with Gasteiger partial charge in [0.2, 0.25) is 5.91 Å². The summed E-state index contributed by atoms with van der Waals surface area (Å²) in [6, 6.07) is 2.74. The van der Waals surface area contributed by atoms with Crippen molar-refractivity contribution in [3.63, 3.8) is 0 Å². The first kappa shape index (κ1) is 22.8. The van der Waals surface area contributed by atoms with Gasteiger partial charge in [-0.3, -0.25) is 9.59 Å². The highest BCUT2D eigenvalue weighted by molar-refractivity contribution is 5.93. The van der Waals surface area contributed by atoms with Gasteiger partial charge in [-0.15, -0.1) is 0 Å². The van der Waals surface area contributed by atoms with Crippen molar-refractivity contribution in [2.24, 2.45) is 0 Å². The maximum absolute atomic E-state index is 15.0. The highest BCUT2D eigenvalue weighted by Gasteiger charge is 2.45. The van der Waals surface area contributed by atoms with Crippen molar-refractivity contribution in [3.05, 3.63) is 61.7 Å². The van der Waals surface area contributed by atoms with E-state index in [1.165, 1.54) is 13.0 Å². The largest absolute Gasteiger partial charge is 0.458 e. The summed E-state index contributed by atoms with van der Waals surface area (Å²) in [6.45, 7) is 4.89. The minimum absolute atomic E-state index is 0.0451. The number of carbonyl (C=O) groups excluding carboxylic acids is 2. The molecule has 3 aliphatic rings. The van der Waals surface area contributed by atoms with Gasteiger partial charge in [-0.2, -0.15) is 0 Å². The molecule has 0 spiro atoms.